The Kier molecular flexibility index (Phi) is 4.61. The van der Waals surface area contributed by atoms with E-state index in [2.05, 4.69) is 10.8 Å². The van der Waals surface area contributed by atoms with Crippen molar-refractivity contribution in [3.8, 4) is 12.1 Å². The minimum Gasteiger partial charge on any atom is -0.465 e. The predicted molar refractivity (Wildman–Crippen MR) is 77.8 cm³/mol. The van der Waals surface area contributed by atoms with Crippen LogP contribution in [0.25, 0.3) is 0 Å². The Balaban J connectivity index is 2.25. The van der Waals surface area contributed by atoms with Gasteiger partial charge in [0.1, 0.15) is 6.07 Å². The van der Waals surface area contributed by atoms with Gasteiger partial charge in [0.05, 0.1) is 29.9 Å². The number of carbonyl (C=O) groups is 1. The van der Waals surface area contributed by atoms with Crippen molar-refractivity contribution in [1.29, 1.82) is 10.5 Å². The molecule has 0 spiro atoms. The molecule has 0 saturated carbocycles. The zero-order valence-electron chi connectivity index (χ0n) is 11.2. The monoisotopic (exact) mass is 294 g/mol. The fourth-order valence-corrected chi connectivity index (χ4v) is 2.56. The molecule has 0 unspecified atom stereocenters. The van der Waals surface area contributed by atoms with Crippen molar-refractivity contribution in [2.75, 3.05) is 7.11 Å². The number of hydrogen-bond donors (Lipinski definition) is 0. The van der Waals surface area contributed by atoms with Gasteiger partial charge in [0.25, 0.3) is 0 Å². The van der Waals surface area contributed by atoms with E-state index in [1.807, 2.05) is 6.07 Å². The van der Waals surface area contributed by atoms with Gasteiger partial charge in [-0.05, 0) is 42.5 Å². The SMILES string of the molecule is COC(=O)c1ccc(Sc2ccc(C#N)cc2C#N)cc1. The molecule has 0 N–H and O–H groups in total. The molecule has 0 bridgehead atoms. The summed E-state index contributed by atoms with van der Waals surface area (Å²) in [6.45, 7) is 0. The normalized spacial score (nSPS) is 9.48. The topological polar surface area (TPSA) is 73.9 Å². The van der Waals surface area contributed by atoms with E-state index < -0.39 is 0 Å². The van der Waals surface area contributed by atoms with Gasteiger partial charge < -0.3 is 4.74 Å². The van der Waals surface area contributed by atoms with E-state index in [0.29, 0.717) is 16.7 Å². The van der Waals surface area contributed by atoms with Crippen LogP contribution < -0.4 is 0 Å². The minimum absolute atomic E-state index is 0.386. The Morgan fingerprint density at radius 2 is 1.81 bits per heavy atom. The van der Waals surface area contributed by atoms with Crippen molar-refractivity contribution < 1.29 is 9.53 Å². The maximum absolute atomic E-state index is 11.4. The predicted octanol–water partition coefficient (Wildman–Crippen LogP) is 3.37. The van der Waals surface area contributed by atoms with Gasteiger partial charge in [-0.1, -0.05) is 11.8 Å². The van der Waals surface area contributed by atoms with Crippen LogP contribution in [0.15, 0.2) is 52.3 Å². The second-order valence-electron chi connectivity index (χ2n) is 4.05. The van der Waals surface area contributed by atoms with E-state index in [4.69, 9.17) is 10.5 Å². The van der Waals surface area contributed by atoms with Crippen molar-refractivity contribution in [3.63, 3.8) is 0 Å². The molecule has 102 valence electrons. The number of carbonyl (C=O) groups excluding carboxylic acids is 1. The Morgan fingerprint density at radius 1 is 1.10 bits per heavy atom. The zero-order chi connectivity index (χ0) is 15.2. The van der Waals surface area contributed by atoms with Gasteiger partial charge in [0, 0.05) is 9.79 Å². The molecule has 0 atom stereocenters. The van der Waals surface area contributed by atoms with E-state index in [9.17, 15) is 4.79 Å². The maximum atomic E-state index is 11.4. The van der Waals surface area contributed by atoms with Crippen LogP contribution in [0.4, 0.5) is 0 Å². The van der Waals surface area contributed by atoms with Crippen molar-refractivity contribution >= 4 is 17.7 Å². The summed E-state index contributed by atoms with van der Waals surface area (Å²) in [5.41, 5.74) is 1.38. The summed E-state index contributed by atoms with van der Waals surface area (Å²) < 4.78 is 4.64. The molecule has 4 nitrogen and oxygen atoms in total. The number of rotatable bonds is 3. The molecule has 2 aromatic carbocycles. The van der Waals surface area contributed by atoms with Crippen molar-refractivity contribution in [2.24, 2.45) is 0 Å². The molecule has 0 heterocycles. The smallest absolute Gasteiger partial charge is 0.337 e. The van der Waals surface area contributed by atoms with E-state index >= 15 is 0 Å². The molecule has 21 heavy (non-hydrogen) atoms. The van der Waals surface area contributed by atoms with Gasteiger partial charge in [0.15, 0.2) is 0 Å². The van der Waals surface area contributed by atoms with Crippen LogP contribution in [0.1, 0.15) is 21.5 Å². The number of nitriles is 2. The highest BCUT2D eigenvalue weighted by atomic mass is 32.2. The van der Waals surface area contributed by atoms with E-state index in [1.165, 1.54) is 18.9 Å². The molecule has 0 fully saturated rings. The summed E-state index contributed by atoms with van der Waals surface area (Å²) >= 11 is 1.40. The molecule has 0 amide bonds. The van der Waals surface area contributed by atoms with Crippen LogP contribution in [0.5, 0.6) is 0 Å². The second-order valence-corrected chi connectivity index (χ2v) is 5.17. The highest BCUT2D eigenvalue weighted by molar-refractivity contribution is 7.99. The molecule has 0 radical (unpaired) electrons. The quantitative estimate of drug-likeness (QED) is 0.811. The lowest BCUT2D eigenvalue weighted by atomic mass is 10.1. The second kappa shape index (κ2) is 6.60. The van der Waals surface area contributed by atoms with Crippen LogP contribution in [0.2, 0.25) is 0 Å². The summed E-state index contributed by atoms with van der Waals surface area (Å²) in [5.74, 6) is -0.386. The van der Waals surface area contributed by atoms with Crippen LogP contribution in [0.3, 0.4) is 0 Å². The lowest BCUT2D eigenvalue weighted by Gasteiger charge is -2.05. The standard InChI is InChI=1S/C16H10N2O2S/c1-20-16(19)12-3-5-14(6-4-12)21-15-7-2-11(9-17)8-13(15)10-18/h2-8H,1H3. The number of hydrogen-bond acceptors (Lipinski definition) is 5. The molecule has 0 aliphatic heterocycles. The van der Waals surface area contributed by atoms with Gasteiger partial charge in [0.2, 0.25) is 0 Å². The summed E-state index contributed by atoms with van der Waals surface area (Å²) in [7, 11) is 1.33. The Labute approximate surface area is 126 Å². The van der Waals surface area contributed by atoms with Crippen LogP contribution in [0, 0.1) is 22.7 Å². The molecule has 5 heteroatoms. The number of nitrogens with zero attached hydrogens (tertiary/aromatic N) is 2. The van der Waals surface area contributed by atoms with Gasteiger partial charge >= 0.3 is 5.97 Å². The zero-order valence-corrected chi connectivity index (χ0v) is 12.0. The third-order valence-electron chi connectivity index (χ3n) is 2.73. The third kappa shape index (κ3) is 3.42. The highest BCUT2D eigenvalue weighted by Gasteiger charge is 2.08. The Morgan fingerprint density at radius 3 is 2.38 bits per heavy atom. The number of benzene rings is 2. The lowest BCUT2D eigenvalue weighted by molar-refractivity contribution is 0.0600. The Bertz CT molecular complexity index is 755. The molecular weight excluding hydrogens is 284 g/mol. The van der Waals surface area contributed by atoms with Crippen molar-refractivity contribution in [2.45, 2.75) is 9.79 Å². The average molecular weight is 294 g/mol. The fraction of sp³-hybridized carbons (Fsp3) is 0.0625. The molecular formula is C16H10N2O2S. The van der Waals surface area contributed by atoms with Gasteiger partial charge in [-0.3, -0.25) is 0 Å². The molecule has 0 saturated heterocycles. The van der Waals surface area contributed by atoms with Crippen LogP contribution >= 0.6 is 11.8 Å². The summed E-state index contributed by atoms with van der Waals surface area (Å²) in [4.78, 5) is 13.0. The number of ether oxygens (including phenoxy) is 1. The Hall–Kier alpha value is -2.76. The first-order valence-electron chi connectivity index (χ1n) is 5.98. The molecule has 2 rings (SSSR count). The van der Waals surface area contributed by atoms with Gasteiger partial charge in [-0.15, -0.1) is 0 Å². The summed E-state index contributed by atoms with van der Waals surface area (Å²) in [6.07, 6.45) is 0. The van der Waals surface area contributed by atoms with Crippen molar-refractivity contribution in [1.82, 2.24) is 0 Å². The third-order valence-corrected chi connectivity index (χ3v) is 3.82. The van der Waals surface area contributed by atoms with Gasteiger partial charge in [-0.25, -0.2) is 4.79 Å². The molecule has 0 aliphatic rings. The minimum atomic E-state index is -0.386. The van der Waals surface area contributed by atoms with E-state index in [0.717, 1.165) is 9.79 Å². The first-order valence-corrected chi connectivity index (χ1v) is 6.80. The van der Waals surface area contributed by atoms with Crippen LogP contribution in [-0.4, -0.2) is 13.1 Å². The average Bonchev–Trinajstić information content (AvgIpc) is 2.55. The summed E-state index contributed by atoms with van der Waals surface area (Å²) in [6, 6.07) is 16.0. The largest absolute Gasteiger partial charge is 0.465 e. The highest BCUT2D eigenvalue weighted by Crippen LogP contribution is 2.31. The molecule has 0 aliphatic carbocycles. The fourth-order valence-electron chi connectivity index (χ4n) is 1.68. The lowest BCUT2D eigenvalue weighted by Crippen LogP contribution is -2.00. The first kappa shape index (κ1) is 14.6. The molecule has 2 aromatic rings. The maximum Gasteiger partial charge on any atom is 0.337 e. The first-order chi connectivity index (χ1) is 10.2. The summed E-state index contributed by atoms with van der Waals surface area (Å²) in [5, 5.41) is 18.0. The van der Waals surface area contributed by atoms with E-state index in [-0.39, 0.29) is 5.97 Å². The van der Waals surface area contributed by atoms with Crippen LogP contribution in [-0.2, 0) is 4.74 Å². The van der Waals surface area contributed by atoms with Gasteiger partial charge in [-0.2, -0.15) is 10.5 Å². The number of methoxy groups -OCH3 is 1. The van der Waals surface area contributed by atoms with Crippen molar-refractivity contribution in [3.05, 3.63) is 59.2 Å². The molecule has 0 aromatic heterocycles. The van der Waals surface area contributed by atoms with E-state index in [1.54, 1.807) is 42.5 Å². The number of esters is 1.